The fourth-order valence-electron chi connectivity index (χ4n) is 3.02. The van der Waals surface area contributed by atoms with Crippen LogP contribution in [0.1, 0.15) is 51.4 Å². The summed E-state index contributed by atoms with van der Waals surface area (Å²) in [6, 6.07) is 2.98. The number of aliphatic carboxylic acids is 1. The van der Waals surface area contributed by atoms with Gasteiger partial charge in [-0.15, -0.1) is 0 Å². The van der Waals surface area contributed by atoms with Gasteiger partial charge in [0.15, 0.2) is 6.10 Å². The molecule has 0 saturated heterocycles. The summed E-state index contributed by atoms with van der Waals surface area (Å²) in [5.74, 6) is -3.70. The molecule has 0 spiro atoms. The molecular formula is C21H32N2O9S. The first-order valence-corrected chi connectivity index (χ1v) is 11.9. The van der Waals surface area contributed by atoms with Crippen LogP contribution in [0.2, 0.25) is 0 Å². The lowest BCUT2D eigenvalue weighted by Crippen LogP contribution is -2.54. The van der Waals surface area contributed by atoms with Gasteiger partial charge >= 0.3 is 11.9 Å². The molecular weight excluding hydrogens is 456 g/mol. The Morgan fingerprint density at radius 2 is 1.88 bits per heavy atom. The number of aliphatic hydroxyl groups excluding tert-OH is 1. The topological polar surface area (TPSA) is 169 Å². The van der Waals surface area contributed by atoms with Crippen molar-refractivity contribution in [3.05, 3.63) is 30.1 Å². The smallest absolute Gasteiger partial charge is 0.340 e. The minimum absolute atomic E-state index is 0.0400. The number of hydrogen-bond donors (Lipinski definition) is 3. The van der Waals surface area contributed by atoms with Crippen molar-refractivity contribution in [2.45, 2.75) is 59.4 Å². The van der Waals surface area contributed by atoms with Crippen molar-refractivity contribution in [1.82, 2.24) is 10.3 Å². The fourth-order valence-corrected chi connectivity index (χ4v) is 4.29. The van der Waals surface area contributed by atoms with Crippen molar-refractivity contribution < 1.29 is 41.9 Å². The highest BCUT2D eigenvalue weighted by Crippen LogP contribution is 2.35. The lowest BCUT2D eigenvalue weighted by Gasteiger charge is -2.40. The summed E-state index contributed by atoms with van der Waals surface area (Å²) in [6.07, 6.45) is -2.01. The monoisotopic (exact) mass is 488 g/mol. The highest BCUT2D eigenvalue weighted by Gasteiger charge is 2.49. The van der Waals surface area contributed by atoms with Crippen LogP contribution in [-0.4, -0.2) is 72.1 Å². The summed E-state index contributed by atoms with van der Waals surface area (Å²) in [6.45, 7) is 7.30. The molecule has 0 aliphatic carbocycles. The molecule has 2 unspecified atom stereocenters. The van der Waals surface area contributed by atoms with Crippen molar-refractivity contribution in [2.75, 3.05) is 12.3 Å². The van der Waals surface area contributed by atoms with Crippen LogP contribution in [0.3, 0.4) is 0 Å². The first-order chi connectivity index (χ1) is 15.2. The lowest BCUT2D eigenvalue weighted by molar-refractivity contribution is -0.163. The molecule has 1 amide bonds. The molecule has 186 valence electrons. The molecule has 0 bridgehead atoms. The van der Waals surface area contributed by atoms with E-state index in [1.54, 1.807) is 13.8 Å². The van der Waals surface area contributed by atoms with Gasteiger partial charge in [0.2, 0.25) is 5.91 Å². The van der Waals surface area contributed by atoms with E-state index in [2.05, 4.69) is 10.3 Å². The number of rotatable bonds is 13. The van der Waals surface area contributed by atoms with Gasteiger partial charge in [0, 0.05) is 31.3 Å². The predicted molar refractivity (Wildman–Crippen MR) is 118 cm³/mol. The number of hydrogen-bond acceptors (Lipinski definition) is 9. The van der Waals surface area contributed by atoms with E-state index in [0.717, 1.165) is 0 Å². The molecule has 1 aromatic heterocycles. The first-order valence-electron chi connectivity index (χ1n) is 10.4. The van der Waals surface area contributed by atoms with E-state index in [0.29, 0.717) is 0 Å². The molecule has 0 aromatic carbocycles. The zero-order valence-corrected chi connectivity index (χ0v) is 20.2. The minimum atomic E-state index is -4.26. The number of carbonyl (C=O) groups is 3. The van der Waals surface area contributed by atoms with Crippen molar-refractivity contribution in [3.8, 4) is 0 Å². The Bertz CT molecular complexity index is 917. The van der Waals surface area contributed by atoms with Gasteiger partial charge in [-0.3, -0.25) is 14.0 Å². The van der Waals surface area contributed by atoms with Crippen LogP contribution in [0.4, 0.5) is 0 Å². The quantitative estimate of drug-likeness (QED) is 0.207. The number of nitrogens with zero attached hydrogens (tertiary/aromatic N) is 1. The van der Waals surface area contributed by atoms with Crippen molar-refractivity contribution in [1.29, 1.82) is 0 Å². The zero-order chi connectivity index (χ0) is 25.4. The predicted octanol–water partition coefficient (Wildman–Crippen LogP) is 0.976. The molecule has 33 heavy (non-hydrogen) atoms. The molecule has 0 saturated carbocycles. The Morgan fingerprint density at radius 1 is 1.24 bits per heavy atom. The van der Waals surface area contributed by atoms with Gasteiger partial charge in [-0.2, -0.15) is 8.42 Å². The van der Waals surface area contributed by atoms with Crippen LogP contribution in [0.5, 0.6) is 0 Å². The second kappa shape index (κ2) is 12.1. The van der Waals surface area contributed by atoms with E-state index >= 15 is 0 Å². The number of nitrogens with one attached hydrogen (secondary N) is 1. The molecule has 0 aliphatic rings. The third-order valence-electron chi connectivity index (χ3n) is 4.96. The normalized spacial score (nSPS) is 14.9. The van der Waals surface area contributed by atoms with Gasteiger partial charge in [0.25, 0.3) is 10.1 Å². The molecule has 1 rings (SSSR count). The number of carbonyl (C=O) groups excluding carboxylic acids is 2. The fraction of sp³-hybridized carbons (Fsp3) is 0.619. The van der Waals surface area contributed by atoms with Crippen LogP contribution >= 0.6 is 0 Å². The van der Waals surface area contributed by atoms with Gasteiger partial charge in [-0.25, -0.2) is 9.59 Å². The van der Waals surface area contributed by atoms with Crippen LogP contribution in [0.15, 0.2) is 24.5 Å². The number of aromatic nitrogens is 1. The minimum Gasteiger partial charge on any atom is -0.479 e. The molecule has 0 fully saturated rings. The van der Waals surface area contributed by atoms with Crippen molar-refractivity contribution in [3.63, 3.8) is 0 Å². The highest BCUT2D eigenvalue weighted by molar-refractivity contribution is 7.86. The standard InChI is InChI=1S/C21H32N2O9S/c1-13(2)16(31-20(28)15-8-6-9-22-12-15)18(21(4,5)17(25)19(26)27)32-33(29,30)11-7-10-23-14(3)24/h6,8-9,12-13,16-18,25H,7,10-11H2,1-5H3,(H,23,24)(H,26,27)/t16?,17-,18?/m0/s1. The summed E-state index contributed by atoms with van der Waals surface area (Å²) in [5.41, 5.74) is -1.57. The second-order valence-corrected chi connectivity index (χ2v) is 10.2. The average molecular weight is 489 g/mol. The number of aliphatic hydroxyl groups is 1. The largest absolute Gasteiger partial charge is 0.479 e. The van der Waals surface area contributed by atoms with E-state index in [4.69, 9.17) is 8.92 Å². The summed E-state index contributed by atoms with van der Waals surface area (Å²) in [5, 5.41) is 22.1. The zero-order valence-electron chi connectivity index (χ0n) is 19.3. The van der Waals surface area contributed by atoms with Gasteiger partial charge in [0.05, 0.1) is 11.3 Å². The van der Waals surface area contributed by atoms with E-state index < -0.39 is 57.5 Å². The number of carboxylic acids is 1. The Labute approximate surface area is 193 Å². The van der Waals surface area contributed by atoms with E-state index in [-0.39, 0.29) is 24.4 Å². The molecule has 3 N–H and O–H groups in total. The number of esters is 1. The SMILES string of the molecule is CC(=O)NCCCS(=O)(=O)OC(C(OC(=O)c1cccnc1)C(C)C)C(C)(C)[C@@H](O)C(=O)O. The third kappa shape index (κ3) is 8.71. The maximum absolute atomic E-state index is 12.7. The molecule has 3 atom stereocenters. The maximum atomic E-state index is 12.7. The van der Waals surface area contributed by atoms with E-state index in [9.17, 15) is 33.0 Å². The van der Waals surface area contributed by atoms with E-state index in [1.807, 2.05) is 0 Å². The molecule has 1 heterocycles. The third-order valence-corrected chi connectivity index (χ3v) is 6.25. The summed E-state index contributed by atoms with van der Waals surface area (Å²) in [7, 11) is -4.26. The van der Waals surface area contributed by atoms with Crippen molar-refractivity contribution >= 4 is 28.0 Å². The maximum Gasteiger partial charge on any atom is 0.340 e. The summed E-state index contributed by atoms with van der Waals surface area (Å²) in [4.78, 5) is 39.0. The number of pyridine rings is 1. The van der Waals surface area contributed by atoms with Crippen LogP contribution in [0, 0.1) is 11.3 Å². The Kier molecular flexibility index (Phi) is 10.4. The highest BCUT2D eigenvalue weighted by atomic mass is 32.2. The van der Waals surface area contributed by atoms with Gasteiger partial charge in [0.1, 0.15) is 12.2 Å². The van der Waals surface area contributed by atoms with Crippen molar-refractivity contribution in [2.24, 2.45) is 11.3 Å². The van der Waals surface area contributed by atoms with E-state index in [1.165, 1.54) is 45.3 Å². The van der Waals surface area contributed by atoms with Crippen LogP contribution in [0.25, 0.3) is 0 Å². The molecule has 0 aliphatic heterocycles. The molecule has 12 heteroatoms. The van der Waals surface area contributed by atoms with Crippen LogP contribution in [-0.2, 0) is 28.6 Å². The summed E-state index contributed by atoms with van der Waals surface area (Å²) >= 11 is 0. The average Bonchev–Trinajstić information content (AvgIpc) is 2.73. The number of amides is 1. The van der Waals surface area contributed by atoms with Gasteiger partial charge in [-0.1, -0.05) is 27.7 Å². The Balaban J connectivity index is 3.26. The Hall–Kier alpha value is -2.57. The number of ether oxygens (including phenoxy) is 1. The molecule has 0 radical (unpaired) electrons. The van der Waals surface area contributed by atoms with Crippen LogP contribution < -0.4 is 5.32 Å². The Morgan fingerprint density at radius 3 is 2.36 bits per heavy atom. The first kappa shape index (κ1) is 28.5. The number of carboxylic acid groups (broad SMARTS) is 1. The molecule has 11 nitrogen and oxygen atoms in total. The molecule has 1 aromatic rings. The van der Waals surface area contributed by atoms with Gasteiger partial charge in [-0.05, 0) is 24.5 Å². The lowest BCUT2D eigenvalue weighted by atomic mass is 9.76. The summed E-state index contributed by atoms with van der Waals surface area (Å²) < 4.78 is 36.3. The van der Waals surface area contributed by atoms with Gasteiger partial charge < -0.3 is 20.3 Å². The second-order valence-electron chi connectivity index (χ2n) is 8.53.